The number of fused-ring (bicyclic) bond motifs is 1. The summed E-state index contributed by atoms with van der Waals surface area (Å²) in [7, 11) is -0.754. The molecule has 0 aromatic heterocycles. The van der Waals surface area contributed by atoms with E-state index in [0.29, 0.717) is 0 Å². The minimum Gasteiger partial charge on any atom is -0.454 e. The van der Waals surface area contributed by atoms with Crippen LogP contribution in [-0.4, -0.2) is 14.7 Å². The molecule has 1 aromatic carbocycles. The van der Waals surface area contributed by atoms with Crippen molar-refractivity contribution < 1.29 is 9.16 Å². The highest BCUT2D eigenvalue weighted by Crippen LogP contribution is 2.49. The monoisotopic (exact) mass is 309 g/mol. The number of ether oxygens (including phenoxy) is 1. The normalized spacial score (nSPS) is 18.4. The molecule has 1 aliphatic heterocycles. The summed E-state index contributed by atoms with van der Waals surface area (Å²) in [6.07, 6.45) is 0. The highest BCUT2D eigenvalue weighted by Gasteiger charge is 2.33. The zero-order valence-corrected chi connectivity index (χ0v) is 15.6. The van der Waals surface area contributed by atoms with Crippen molar-refractivity contribution in [2.45, 2.75) is 70.6 Å². The van der Waals surface area contributed by atoms with Gasteiger partial charge in [0, 0.05) is 0 Å². The summed E-state index contributed by atoms with van der Waals surface area (Å²) >= 11 is 1.73. The molecule has 0 spiro atoms. The molecule has 1 aromatic rings. The summed E-state index contributed by atoms with van der Waals surface area (Å²) < 4.78 is 12.0. The minimum absolute atomic E-state index is 0.151. The summed E-state index contributed by atoms with van der Waals surface area (Å²) in [4.78, 5) is 1.27. The van der Waals surface area contributed by atoms with Gasteiger partial charge < -0.3 is 9.16 Å². The van der Waals surface area contributed by atoms with Crippen molar-refractivity contribution in [3.8, 4) is 5.75 Å². The average molecular weight is 310 g/mol. The van der Waals surface area contributed by atoms with E-state index in [1.165, 1.54) is 27.1 Å². The fourth-order valence-corrected chi connectivity index (χ4v) is 5.09. The molecule has 0 fully saturated rings. The number of benzene rings is 1. The first-order valence-corrected chi connectivity index (χ1v) is 10.4. The van der Waals surface area contributed by atoms with Gasteiger partial charge >= 0.3 is 0 Å². The maximum atomic E-state index is 6.04. The van der Waals surface area contributed by atoms with E-state index < -0.39 is 9.04 Å². The van der Waals surface area contributed by atoms with Gasteiger partial charge in [-0.1, -0.05) is 20.8 Å². The van der Waals surface area contributed by atoms with Gasteiger partial charge in [0.2, 0.25) is 14.7 Å². The van der Waals surface area contributed by atoms with Crippen molar-refractivity contribution in [2.75, 3.05) is 0 Å². The van der Waals surface area contributed by atoms with E-state index in [1.807, 2.05) is 0 Å². The lowest BCUT2D eigenvalue weighted by molar-refractivity contribution is 0.0894. The van der Waals surface area contributed by atoms with Gasteiger partial charge in [0.05, 0.1) is 4.90 Å². The zero-order valence-electron chi connectivity index (χ0n) is 13.8. The molecule has 0 amide bonds. The molecule has 1 radical (unpaired) electrons. The second kappa shape index (κ2) is 5.39. The van der Waals surface area contributed by atoms with Crippen LogP contribution in [0.3, 0.4) is 0 Å². The molecule has 0 N–H and O–H groups in total. The Balaban J connectivity index is 2.50. The fraction of sp³-hybridized carbons (Fsp3) is 0.625. The van der Waals surface area contributed by atoms with Crippen LogP contribution in [0, 0.1) is 20.8 Å². The predicted octanol–water partition coefficient (Wildman–Crippen LogP) is 4.95. The van der Waals surface area contributed by atoms with Gasteiger partial charge in [0.1, 0.15) is 5.75 Å². The summed E-state index contributed by atoms with van der Waals surface area (Å²) in [5.74, 6) is 1.03. The van der Waals surface area contributed by atoms with Gasteiger partial charge in [-0.15, -0.1) is 0 Å². The molecule has 2 nitrogen and oxygen atoms in total. The van der Waals surface area contributed by atoms with E-state index in [0.717, 1.165) is 5.75 Å². The SMILES string of the molecule is Cc1c(C)c(C(C)(C)C)c(C)c2c1OC(O[Si](C)C)S2. The van der Waals surface area contributed by atoms with Gasteiger partial charge in [-0.05, 0) is 73.3 Å². The third-order valence-corrected chi connectivity index (χ3v) is 5.68. The number of rotatable bonds is 2. The van der Waals surface area contributed by atoms with Crippen molar-refractivity contribution in [2.24, 2.45) is 0 Å². The minimum atomic E-state index is -0.754. The fourth-order valence-electron chi connectivity index (χ4n) is 2.96. The molecule has 2 rings (SSSR count). The Morgan fingerprint density at radius 3 is 2.15 bits per heavy atom. The molecular weight excluding hydrogens is 284 g/mol. The lowest BCUT2D eigenvalue weighted by Gasteiger charge is -2.27. The summed E-state index contributed by atoms with van der Waals surface area (Å²) in [6.45, 7) is 17.7. The van der Waals surface area contributed by atoms with Gasteiger partial charge in [-0.3, -0.25) is 0 Å². The van der Waals surface area contributed by atoms with Crippen LogP contribution in [0.4, 0.5) is 0 Å². The topological polar surface area (TPSA) is 18.5 Å². The van der Waals surface area contributed by atoms with Crippen molar-refractivity contribution in [3.05, 3.63) is 22.3 Å². The van der Waals surface area contributed by atoms with Crippen LogP contribution in [0.2, 0.25) is 13.1 Å². The maximum absolute atomic E-state index is 6.04. The molecule has 1 heterocycles. The van der Waals surface area contributed by atoms with E-state index >= 15 is 0 Å². The summed E-state index contributed by atoms with van der Waals surface area (Å²) in [5.41, 5.74) is 5.40. The van der Waals surface area contributed by atoms with Gasteiger partial charge in [0.25, 0.3) is 0 Å². The second-order valence-corrected chi connectivity index (χ2v) is 9.79. The van der Waals surface area contributed by atoms with Crippen LogP contribution in [0.1, 0.15) is 43.0 Å². The summed E-state index contributed by atoms with van der Waals surface area (Å²) in [5, 5.41) is 0. The highest BCUT2D eigenvalue weighted by molar-refractivity contribution is 8.00. The molecular formula is C16H25O2SSi. The standard InChI is InChI=1S/C16H25O2SSi/c1-9-10(2)13-14(11(3)12(9)16(4,5)6)19-15(17-13)18-20(7)8/h15H,1-8H3. The Morgan fingerprint density at radius 1 is 1.05 bits per heavy atom. The molecule has 0 saturated heterocycles. The van der Waals surface area contributed by atoms with Crippen LogP contribution >= 0.6 is 11.8 Å². The van der Waals surface area contributed by atoms with Crippen molar-refractivity contribution >= 4 is 20.8 Å². The Morgan fingerprint density at radius 2 is 1.65 bits per heavy atom. The predicted molar refractivity (Wildman–Crippen MR) is 88.2 cm³/mol. The van der Waals surface area contributed by atoms with E-state index in [9.17, 15) is 0 Å². The quantitative estimate of drug-likeness (QED) is 0.721. The molecule has 1 unspecified atom stereocenters. The first-order chi connectivity index (χ1) is 9.12. The molecule has 0 saturated carbocycles. The van der Waals surface area contributed by atoms with Crippen LogP contribution in [-0.2, 0) is 9.84 Å². The van der Waals surface area contributed by atoms with Crippen molar-refractivity contribution in [3.63, 3.8) is 0 Å². The molecule has 111 valence electrons. The Labute approximate surface area is 129 Å². The van der Waals surface area contributed by atoms with Crippen molar-refractivity contribution in [1.29, 1.82) is 0 Å². The van der Waals surface area contributed by atoms with E-state index in [-0.39, 0.29) is 11.0 Å². The molecule has 20 heavy (non-hydrogen) atoms. The third-order valence-electron chi connectivity index (χ3n) is 3.71. The highest BCUT2D eigenvalue weighted by atomic mass is 32.2. The van der Waals surface area contributed by atoms with Gasteiger partial charge in [-0.2, -0.15) is 0 Å². The maximum Gasteiger partial charge on any atom is 0.245 e. The third kappa shape index (κ3) is 2.78. The molecule has 0 aliphatic carbocycles. The number of thioether (sulfide) groups is 1. The first-order valence-electron chi connectivity index (χ1n) is 7.07. The van der Waals surface area contributed by atoms with E-state index in [1.54, 1.807) is 11.8 Å². The Hall–Kier alpha value is -0.453. The molecule has 1 atom stereocenters. The molecule has 1 aliphatic rings. The zero-order chi connectivity index (χ0) is 15.2. The summed E-state index contributed by atoms with van der Waals surface area (Å²) in [6, 6.07) is 0. The lowest BCUT2D eigenvalue weighted by Crippen LogP contribution is -2.20. The van der Waals surface area contributed by atoms with Gasteiger partial charge in [-0.25, -0.2) is 0 Å². The van der Waals surface area contributed by atoms with Crippen molar-refractivity contribution in [1.82, 2.24) is 0 Å². The Kier molecular flexibility index (Phi) is 4.29. The van der Waals surface area contributed by atoms with E-state index in [4.69, 9.17) is 9.16 Å². The van der Waals surface area contributed by atoms with Crippen LogP contribution in [0.25, 0.3) is 0 Å². The number of hydrogen-bond acceptors (Lipinski definition) is 3. The largest absolute Gasteiger partial charge is 0.454 e. The average Bonchev–Trinajstić information content (AvgIpc) is 2.67. The van der Waals surface area contributed by atoms with Gasteiger partial charge in [0.15, 0.2) is 0 Å². The van der Waals surface area contributed by atoms with Crippen LogP contribution in [0.15, 0.2) is 4.90 Å². The van der Waals surface area contributed by atoms with Crippen LogP contribution < -0.4 is 4.74 Å². The van der Waals surface area contributed by atoms with Crippen LogP contribution in [0.5, 0.6) is 5.75 Å². The lowest BCUT2D eigenvalue weighted by atomic mass is 9.79. The molecule has 4 heteroatoms. The Bertz CT molecular complexity index is 533. The van der Waals surface area contributed by atoms with E-state index in [2.05, 4.69) is 54.6 Å². The molecule has 0 bridgehead atoms. The number of hydrogen-bond donors (Lipinski definition) is 0. The second-order valence-electron chi connectivity index (χ2n) is 6.71. The smallest absolute Gasteiger partial charge is 0.245 e. The first kappa shape index (κ1) is 15.9.